The number of nitrogens with zero attached hydrogens (tertiary/aromatic N) is 1. The van der Waals surface area contributed by atoms with E-state index in [9.17, 15) is 0 Å². The number of halogens is 2. The topological polar surface area (TPSA) is 15.3 Å². The molecule has 2 nitrogen and oxygen atoms in total. The van der Waals surface area contributed by atoms with E-state index in [1.165, 1.54) is 31.6 Å². The van der Waals surface area contributed by atoms with Crippen molar-refractivity contribution in [1.82, 2.24) is 10.2 Å². The van der Waals surface area contributed by atoms with E-state index in [0.29, 0.717) is 0 Å². The van der Waals surface area contributed by atoms with Gasteiger partial charge >= 0.3 is 0 Å². The lowest BCUT2D eigenvalue weighted by Gasteiger charge is -2.16. The molecule has 2 aliphatic rings. The molecule has 2 saturated heterocycles. The van der Waals surface area contributed by atoms with Crippen LogP contribution in [0.1, 0.15) is 12.0 Å². The third-order valence-electron chi connectivity index (χ3n) is 3.69. The van der Waals surface area contributed by atoms with E-state index >= 15 is 0 Å². The fourth-order valence-electron chi connectivity index (χ4n) is 2.91. The molecular formula is C13H20Cl2N2. The van der Waals surface area contributed by atoms with Crippen LogP contribution in [0, 0.1) is 5.92 Å². The number of fused-ring (bicyclic) bond motifs is 1. The summed E-state index contributed by atoms with van der Waals surface area (Å²) in [6.45, 7) is 4.87. The summed E-state index contributed by atoms with van der Waals surface area (Å²) in [7, 11) is 0. The van der Waals surface area contributed by atoms with Crippen molar-refractivity contribution in [3.8, 4) is 0 Å². The third kappa shape index (κ3) is 3.35. The maximum Gasteiger partial charge on any atom is 0.0236 e. The van der Waals surface area contributed by atoms with Gasteiger partial charge in [0.15, 0.2) is 0 Å². The van der Waals surface area contributed by atoms with Crippen LogP contribution in [-0.2, 0) is 6.54 Å². The van der Waals surface area contributed by atoms with Crippen molar-refractivity contribution < 1.29 is 0 Å². The maximum atomic E-state index is 3.59. The molecule has 0 bridgehead atoms. The molecule has 2 aliphatic heterocycles. The smallest absolute Gasteiger partial charge is 0.0236 e. The number of likely N-dealkylation sites (tertiary alicyclic amines) is 1. The first-order valence-electron chi connectivity index (χ1n) is 5.91. The Morgan fingerprint density at radius 3 is 2.59 bits per heavy atom. The van der Waals surface area contributed by atoms with Gasteiger partial charge in [0.1, 0.15) is 0 Å². The average Bonchev–Trinajstić information content (AvgIpc) is 2.79. The van der Waals surface area contributed by atoms with Crippen molar-refractivity contribution in [3.05, 3.63) is 35.9 Å². The van der Waals surface area contributed by atoms with Crippen molar-refractivity contribution >= 4 is 24.8 Å². The molecule has 0 amide bonds. The molecule has 0 spiro atoms. The van der Waals surface area contributed by atoms with Gasteiger partial charge in [-0.15, -0.1) is 24.8 Å². The van der Waals surface area contributed by atoms with Gasteiger partial charge in [-0.25, -0.2) is 0 Å². The molecule has 0 saturated carbocycles. The minimum atomic E-state index is 0. The van der Waals surface area contributed by atoms with Crippen molar-refractivity contribution in [2.45, 2.75) is 19.0 Å². The molecule has 1 aromatic rings. The van der Waals surface area contributed by atoms with Crippen molar-refractivity contribution in [1.29, 1.82) is 0 Å². The Balaban J connectivity index is 0.000000722. The summed E-state index contributed by atoms with van der Waals surface area (Å²) in [5.74, 6) is 0.911. The molecule has 0 aromatic heterocycles. The molecule has 17 heavy (non-hydrogen) atoms. The summed E-state index contributed by atoms with van der Waals surface area (Å²) in [6, 6.07) is 11.6. The Bertz CT molecular complexity index is 319. The molecule has 2 heterocycles. The van der Waals surface area contributed by atoms with Crippen LogP contribution < -0.4 is 5.32 Å². The highest BCUT2D eigenvalue weighted by atomic mass is 35.5. The van der Waals surface area contributed by atoms with E-state index in [0.717, 1.165) is 18.5 Å². The highest BCUT2D eigenvalue weighted by Crippen LogP contribution is 2.25. The van der Waals surface area contributed by atoms with Gasteiger partial charge in [-0.2, -0.15) is 0 Å². The largest absolute Gasteiger partial charge is 0.312 e. The van der Waals surface area contributed by atoms with Gasteiger partial charge in [-0.3, -0.25) is 4.90 Å². The summed E-state index contributed by atoms with van der Waals surface area (Å²) < 4.78 is 0. The van der Waals surface area contributed by atoms with Crippen LogP contribution in [0.2, 0.25) is 0 Å². The lowest BCUT2D eigenvalue weighted by molar-refractivity contribution is 0.307. The molecule has 0 aliphatic carbocycles. The maximum absolute atomic E-state index is 3.59. The first kappa shape index (κ1) is 14.8. The molecular weight excluding hydrogens is 255 g/mol. The number of nitrogens with one attached hydrogen (secondary N) is 1. The zero-order valence-electron chi connectivity index (χ0n) is 9.84. The minimum Gasteiger partial charge on any atom is -0.312 e. The van der Waals surface area contributed by atoms with Crippen LogP contribution >= 0.6 is 24.8 Å². The van der Waals surface area contributed by atoms with E-state index in [1.807, 2.05) is 0 Å². The Hall–Kier alpha value is -0.280. The second kappa shape index (κ2) is 6.60. The Kier molecular flexibility index (Phi) is 5.74. The summed E-state index contributed by atoms with van der Waals surface area (Å²) in [5.41, 5.74) is 1.44. The molecule has 4 heteroatoms. The molecule has 2 fully saturated rings. The molecule has 2 atom stereocenters. The van der Waals surface area contributed by atoms with E-state index in [4.69, 9.17) is 0 Å². The summed E-state index contributed by atoms with van der Waals surface area (Å²) in [5, 5.41) is 3.59. The van der Waals surface area contributed by atoms with Crippen molar-refractivity contribution in [2.24, 2.45) is 5.92 Å². The van der Waals surface area contributed by atoms with Gasteiger partial charge in [0.05, 0.1) is 0 Å². The van der Waals surface area contributed by atoms with E-state index in [1.54, 1.807) is 0 Å². The van der Waals surface area contributed by atoms with Gasteiger partial charge in [-0.1, -0.05) is 30.3 Å². The highest BCUT2D eigenvalue weighted by molar-refractivity contribution is 5.85. The molecule has 1 aromatic carbocycles. The minimum absolute atomic E-state index is 0. The fraction of sp³-hybridized carbons (Fsp3) is 0.538. The molecule has 0 radical (unpaired) electrons. The van der Waals surface area contributed by atoms with Crippen molar-refractivity contribution in [2.75, 3.05) is 19.6 Å². The number of hydrogen-bond acceptors (Lipinski definition) is 2. The van der Waals surface area contributed by atoms with Crippen LogP contribution in [0.5, 0.6) is 0 Å². The molecule has 2 unspecified atom stereocenters. The zero-order valence-corrected chi connectivity index (χ0v) is 11.5. The first-order chi connectivity index (χ1) is 7.42. The zero-order chi connectivity index (χ0) is 10.1. The van der Waals surface area contributed by atoms with Crippen LogP contribution in [0.15, 0.2) is 30.3 Å². The van der Waals surface area contributed by atoms with Crippen LogP contribution in [0.3, 0.4) is 0 Å². The second-order valence-electron chi connectivity index (χ2n) is 4.79. The molecule has 96 valence electrons. The van der Waals surface area contributed by atoms with Gasteiger partial charge in [0.2, 0.25) is 0 Å². The predicted octanol–water partition coefficient (Wildman–Crippen LogP) is 2.32. The molecule has 1 N–H and O–H groups in total. The summed E-state index contributed by atoms with van der Waals surface area (Å²) >= 11 is 0. The predicted molar refractivity (Wildman–Crippen MR) is 76.1 cm³/mol. The van der Waals surface area contributed by atoms with E-state index in [-0.39, 0.29) is 24.8 Å². The third-order valence-corrected chi connectivity index (χ3v) is 3.69. The fourth-order valence-corrected chi connectivity index (χ4v) is 2.91. The van der Waals surface area contributed by atoms with Crippen molar-refractivity contribution in [3.63, 3.8) is 0 Å². The number of hydrogen-bond donors (Lipinski definition) is 1. The quantitative estimate of drug-likeness (QED) is 0.891. The van der Waals surface area contributed by atoms with E-state index in [2.05, 4.69) is 40.5 Å². The summed E-state index contributed by atoms with van der Waals surface area (Å²) in [4.78, 5) is 2.58. The van der Waals surface area contributed by atoms with Crippen LogP contribution in [0.25, 0.3) is 0 Å². The number of benzene rings is 1. The van der Waals surface area contributed by atoms with Gasteiger partial charge in [-0.05, 0) is 24.4 Å². The Labute approximate surface area is 116 Å². The van der Waals surface area contributed by atoms with E-state index < -0.39 is 0 Å². The second-order valence-corrected chi connectivity index (χ2v) is 4.79. The average molecular weight is 275 g/mol. The standard InChI is InChI=1S/C13H18N2.2ClH/c1-2-4-11(5-3-1)8-15-9-12-6-7-14-13(12)10-15;;/h1-5,12-14H,6-10H2;2*1H. The van der Waals surface area contributed by atoms with Gasteiger partial charge in [0, 0.05) is 25.7 Å². The van der Waals surface area contributed by atoms with Gasteiger partial charge in [0.25, 0.3) is 0 Å². The van der Waals surface area contributed by atoms with Crippen LogP contribution in [-0.4, -0.2) is 30.6 Å². The Morgan fingerprint density at radius 1 is 1.12 bits per heavy atom. The van der Waals surface area contributed by atoms with Crippen LogP contribution in [0.4, 0.5) is 0 Å². The highest BCUT2D eigenvalue weighted by Gasteiger charge is 2.35. The van der Waals surface area contributed by atoms with Gasteiger partial charge < -0.3 is 5.32 Å². The first-order valence-corrected chi connectivity index (χ1v) is 5.91. The lowest BCUT2D eigenvalue weighted by atomic mass is 10.1. The SMILES string of the molecule is Cl.Cl.c1ccc(CN2CC3CCNC3C2)cc1. The summed E-state index contributed by atoms with van der Waals surface area (Å²) in [6.07, 6.45) is 1.37. The normalized spacial score (nSPS) is 27.1. The monoisotopic (exact) mass is 274 g/mol. The lowest BCUT2D eigenvalue weighted by Crippen LogP contribution is -2.29. The Morgan fingerprint density at radius 2 is 1.88 bits per heavy atom. The molecule has 3 rings (SSSR count). The number of rotatable bonds is 2.